The van der Waals surface area contributed by atoms with Crippen molar-refractivity contribution in [3.05, 3.63) is 29.6 Å². The molecule has 0 bridgehead atoms. The van der Waals surface area contributed by atoms with E-state index in [0.717, 1.165) is 5.92 Å². The van der Waals surface area contributed by atoms with Crippen molar-refractivity contribution < 1.29 is 9.50 Å². The van der Waals surface area contributed by atoms with Gasteiger partial charge >= 0.3 is 0 Å². The molecule has 0 aromatic heterocycles. The highest BCUT2D eigenvalue weighted by molar-refractivity contribution is 5.32. The number of halogens is 1. The van der Waals surface area contributed by atoms with Crippen molar-refractivity contribution in [3.8, 4) is 5.75 Å². The summed E-state index contributed by atoms with van der Waals surface area (Å²) in [6.07, 6.45) is 3.88. The Morgan fingerprint density at radius 3 is 2.88 bits per heavy atom. The fourth-order valence-corrected chi connectivity index (χ4v) is 2.07. The van der Waals surface area contributed by atoms with Gasteiger partial charge in [0.15, 0.2) is 0 Å². The van der Waals surface area contributed by atoms with Crippen LogP contribution in [0.25, 0.3) is 0 Å². The van der Waals surface area contributed by atoms with E-state index in [1.165, 1.54) is 37.5 Å². The second-order valence-corrected chi connectivity index (χ2v) is 4.63. The van der Waals surface area contributed by atoms with Gasteiger partial charge < -0.3 is 10.4 Å². The van der Waals surface area contributed by atoms with E-state index in [1.807, 2.05) is 0 Å². The fraction of sp³-hybridized carbons (Fsp3) is 0.538. The molecule has 2 nitrogen and oxygen atoms in total. The lowest BCUT2D eigenvalue weighted by Gasteiger charge is -2.32. The highest BCUT2D eigenvalue weighted by Crippen LogP contribution is 2.29. The van der Waals surface area contributed by atoms with E-state index < -0.39 is 0 Å². The fourth-order valence-electron chi connectivity index (χ4n) is 2.07. The summed E-state index contributed by atoms with van der Waals surface area (Å²) >= 11 is 0. The van der Waals surface area contributed by atoms with Gasteiger partial charge in [0.2, 0.25) is 0 Å². The van der Waals surface area contributed by atoms with Crippen LogP contribution >= 0.6 is 0 Å². The first-order chi connectivity index (χ1) is 7.66. The van der Waals surface area contributed by atoms with Crippen LogP contribution in [-0.4, -0.2) is 11.1 Å². The second-order valence-electron chi connectivity index (χ2n) is 4.63. The molecule has 1 saturated carbocycles. The van der Waals surface area contributed by atoms with Crippen LogP contribution in [0.1, 0.15) is 31.7 Å². The summed E-state index contributed by atoms with van der Waals surface area (Å²) in [5.41, 5.74) is 0.631. The van der Waals surface area contributed by atoms with E-state index >= 15 is 0 Å². The van der Waals surface area contributed by atoms with E-state index in [4.69, 9.17) is 0 Å². The van der Waals surface area contributed by atoms with Gasteiger partial charge in [0.1, 0.15) is 11.6 Å². The summed E-state index contributed by atoms with van der Waals surface area (Å²) in [5.74, 6) is 0.608. The zero-order valence-electron chi connectivity index (χ0n) is 9.54. The highest BCUT2D eigenvalue weighted by atomic mass is 19.1. The van der Waals surface area contributed by atoms with E-state index in [-0.39, 0.29) is 11.6 Å². The Labute approximate surface area is 95.5 Å². The second kappa shape index (κ2) is 4.83. The first-order valence-corrected chi connectivity index (χ1v) is 5.87. The maximum absolute atomic E-state index is 13.0. The molecule has 0 spiro atoms. The Bertz CT molecular complexity index is 363. The monoisotopic (exact) mass is 223 g/mol. The minimum atomic E-state index is -0.300. The van der Waals surface area contributed by atoms with Crippen molar-refractivity contribution >= 4 is 0 Å². The molecule has 0 radical (unpaired) electrons. The predicted octanol–water partition coefficient (Wildman–Crippen LogP) is 2.81. The normalized spacial score (nSPS) is 18.1. The Morgan fingerprint density at radius 2 is 2.25 bits per heavy atom. The molecule has 16 heavy (non-hydrogen) atoms. The highest BCUT2D eigenvalue weighted by Gasteiger charge is 2.23. The van der Waals surface area contributed by atoms with Crippen molar-refractivity contribution in [2.24, 2.45) is 5.92 Å². The molecule has 1 aliphatic carbocycles. The Kier molecular flexibility index (Phi) is 3.44. The number of rotatable bonds is 4. The van der Waals surface area contributed by atoms with Gasteiger partial charge in [0.05, 0.1) is 0 Å². The third-order valence-electron chi connectivity index (χ3n) is 3.51. The largest absolute Gasteiger partial charge is 0.508 e. The lowest BCUT2D eigenvalue weighted by atomic mass is 9.80. The van der Waals surface area contributed by atoms with Gasteiger partial charge in [-0.3, -0.25) is 0 Å². The van der Waals surface area contributed by atoms with Gasteiger partial charge in [0, 0.05) is 18.2 Å². The lowest BCUT2D eigenvalue weighted by Crippen LogP contribution is -2.36. The number of aromatic hydroxyl groups is 1. The maximum Gasteiger partial charge on any atom is 0.123 e. The average molecular weight is 223 g/mol. The van der Waals surface area contributed by atoms with Crippen LogP contribution in [0.4, 0.5) is 4.39 Å². The SMILES string of the molecule is CC(NCc1cc(F)ccc1O)C1CCC1. The van der Waals surface area contributed by atoms with Crippen LogP contribution in [0.15, 0.2) is 18.2 Å². The van der Waals surface area contributed by atoms with Crippen LogP contribution in [0.5, 0.6) is 5.75 Å². The minimum Gasteiger partial charge on any atom is -0.508 e. The first-order valence-electron chi connectivity index (χ1n) is 5.87. The summed E-state index contributed by atoms with van der Waals surface area (Å²) in [6.45, 7) is 2.68. The molecule has 3 heteroatoms. The van der Waals surface area contributed by atoms with Crippen LogP contribution < -0.4 is 5.32 Å². The molecule has 1 fully saturated rings. The molecule has 2 N–H and O–H groups in total. The quantitative estimate of drug-likeness (QED) is 0.822. The summed E-state index contributed by atoms with van der Waals surface area (Å²) < 4.78 is 13.0. The number of nitrogens with one attached hydrogen (secondary N) is 1. The molecule has 1 aliphatic rings. The molecule has 0 aliphatic heterocycles. The van der Waals surface area contributed by atoms with Gasteiger partial charge in [-0.05, 0) is 43.9 Å². The molecule has 1 unspecified atom stereocenters. The summed E-state index contributed by atoms with van der Waals surface area (Å²) in [4.78, 5) is 0. The molecule has 0 amide bonds. The molecule has 0 heterocycles. The molecule has 1 atom stereocenters. The summed E-state index contributed by atoms with van der Waals surface area (Å²) in [6, 6.07) is 4.50. The summed E-state index contributed by atoms with van der Waals surface area (Å²) in [7, 11) is 0. The maximum atomic E-state index is 13.0. The van der Waals surface area contributed by atoms with Crippen molar-refractivity contribution in [1.82, 2.24) is 5.32 Å². The number of hydrogen-bond donors (Lipinski definition) is 2. The average Bonchev–Trinajstić information content (AvgIpc) is 2.17. The first kappa shape index (κ1) is 11.4. The van der Waals surface area contributed by atoms with Gasteiger partial charge in [-0.25, -0.2) is 4.39 Å². The molecular weight excluding hydrogens is 205 g/mol. The van der Waals surface area contributed by atoms with E-state index in [1.54, 1.807) is 0 Å². The minimum absolute atomic E-state index is 0.162. The van der Waals surface area contributed by atoms with Crippen LogP contribution in [0.3, 0.4) is 0 Å². The van der Waals surface area contributed by atoms with Gasteiger partial charge in [-0.1, -0.05) is 6.42 Å². The molecule has 2 rings (SSSR count). The molecular formula is C13H18FNO. The smallest absolute Gasteiger partial charge is 0.123 e. The Morgan fingerprint density at radius 1 is 1.50 bits per heavy atom. The van der Waals surface area contributed by atoms with Crippen LogP contribution in [0, 0.1) is 11.7 Å². The van der Waals surface area contributed by atoms with Crippen LogP contribution in [0.2, 0.25) is 0 Å². The molecule has 0 saturated heterocycles. The van der Waals surface area contributed by atoms with Crippen molar-refractivity contribution in [3.63, 3.8) is 0 Å². The zero-order valence-corrected chi connectivity index (χ0v) is 9.54. The van der Waals surface area contributed by atoms with Crippen LogP contribution in [-0.2, 0) is 6.54 Å². The molecule has 1 aromatic rings. The van der Waals surface area contributed by atoms with Crippen molar-refractivity contribution in [2.75, 3.05) is 0 Å². The summed E-state index contributed by atoms with van der Waals surface area (Å²) in [5, 5.41) is 12.9. The van der Waals surface area contributed by atoms with Gasteiger partial charge in [-0.2, -0.15) is 0 Å². The zero-order chi connectivity index (χ0) is 11.5. The standard InChI is InChI=1S/C13H18FNO/c1-9(10-3-2-4-10)15-8-11-7-12(14)5-6-13(11)16/h5-7,9-10,15-16H,2-4,8H2,1H3. The topological polar surface area (TPSA) is 32.3 Å². The van der Waals surface area contributed by atoms with E-state index in [2.05, 4.69) is 12.2 Å². The van der Waals surface area contributed by atoms with Crippen molar-refractivity contribution in [2.45, 2.75) is 38.8 Å². The van der Waals surface area contributed by atoms with Crippen molar-refractivity contribution in [1.29, 1.82) is 0 Å². The van der Waals surface area contributed by atoms with Gasteiger partial charge in [0.25, 0.3) is 0 Å². The predicted molar refractivity (Wildman–Crippen MR) is 61.7 cm³/mol. The molecule has 1 aromatic carbocycles. The lowest BCUT2D eigenvalue weighted by molar-refractivity contribution is 0.239. The Balaban J connectivity index is 1.90. The third kappa shape index (κ3) is 2.53. The number of hydrogen-bond acceptors (Lipinski definition) is 2. The van der Waals surface area contributed by atoms with E-state index in [0.29, 0.717) is 18.2 Å². The Hall–Kier alpha value is -1.09. The van der Waals surface area contributed by atoms with E-state index in [9.17, 15) is 9.50 Å². The number of benzene rings is 1. The molecule has 88 valence electrons. The number of phenols is 1. The third-order valence-corrected chi connectivity index (χ3v) is 3.51. The number of phenolic OH excluding ortho intramolecular Hbond substituents is 1. The van der Waals surface area contributed by atoms with Gasteiger partial charge in [-0.15, -0.1) is 0 Å².